The first-order valence-corrected chi connectivity index (χ1v) is 9.89. The number of allylic oxidation sites excluding steroid dienone is 1. The van der Waals surface area contributed by atoms with Crippen LogP contribution in [0, 0.1) is 0 Å². The highest BCUT2D eigenvalue weighted by atomic mass is 16.2. The number of hydrogen-bond acceptors (Lipinski definition) is 5. The molecule has 6 heteroatoms. The molecule has 0 atom stereocenters. The van der Waals surface area contributed by atoms with Crippen LogP contribution < -0.4 is 0 Å². The van der Waals surface area contributed by atoms with Crippen LogP contribution in [0.4, 0.5) is 0 Å². The van der Waals surface area contributed by atoms with Crippen molar-refractivity contribution in [3.05, 3.63) is 64.7 Å². The summed E-state index contributed by atoms with van der Waals surface area (Å²) in [5, 5.41) is 13.9. The second kappa shape index (κ2) is 6.83. The summed E-state index contributed by atoms with van der Waals surface area (Å²) in [6, 6.07) is 14.0. The Balaban J connectivity index is 1.71. The number of H-pyrrole nitrogens is 1. The van der Waals surface area contributed by atoms with Gasteiger partial charge >= 0.3 is 0 Å². The summed E-state index contributed by atoms with van der Waals surface area (Å²) >= 11 is 0. The predicted octanol–water partition coefficient (Wildman–Crippen LogP) is 4.13. The lowest BCUT2D eigenvalue weighted by atomic mass is 9.61. The van der Waals surface area contributed by atoms with Crippen molar-refractivity contribution in [2.75, 3.05) is 0 Å². The SMILES string of the molecule is C/C(=C\c1ccc(-c2nnn[nH]2)cc1)c1ccc2c(c1)C(C)(C)C(=O)C(=O)C2(C)C. The fourth-order valence-electron chi connectivity index (χ4n) is 4.02. The third-order valence-corrected chi connectivity index (χ3v) is 6.08. The maximum Gasteiger partial charge on any atom is 0.209 e. The van der Waals surface area contributed by atoms with Crippen LogP contribution in [0.1, 0.15) is 56.9 Å². The molecular formula is C24H24N4O2. The van der Waals surface area contributed by atoms with E-state index >= 15 is 0 Å². The van der Waals surface area contributed by atoms with Crippen molar-refractivity contribution in [2.24, 2.45) is 0 Å². The van der Waals surface area contributed by atoms with Gasteiger partial charge in [0.25, 0.3) is 0 Å². The molecule has 6 nitrogen and oxygen atoms in total. The van der Waals surface area contributed by atoms with E-state index in [0.29, 0.717) is 5.82 Å². The average Bonchev–Trinajstić information content (AvgIpc) is 3.26. The second-order valence-corrected chi connectivity index (χ2v) is 8.87. The molecule has 1 aliphatic rings. The first-order valence-electron chi connectivity index (χ1n) is 9.89. The van der Waals surface area contributed by atoms with E-state index < -0.39 is 10.8 Å². The van der Waals surface area contributed by atoms with Gasteiger partial charge in [0.15, 0.2) is 5.82 Å². The molecular weight excluding hydrogens is 376 g/mol. The number of aromatic nitrogens is 4. The summed E-state index contributed by atoms with van der Waals surface area (Å²) < 4.78 is 0. The number of benzene rings is 2. The molecule has 1 aliphatic carbocycles. The number of rotatable bonds is 3. The maximum absolute atomic E-state index is 12.7. The van der Waals surface area contributed by atoms with Crippen molar-refractivity contribution >= 4 is 23.2 Å². The molecule has 1 aromatic heterocycles. The number of nitrogens with zero attached hydrogens (tertiary/aromatic N) is 3. The minimum atomic E-state index is -0.828. The Morgan fingerprint density at radius 1 is 0.900 bits per heavy atom. The number of hydrogen-bond donors (Lipinski definition) is 1. The number of tetrazole rings is 1. The number of fused-ring (bicyclic) bond motifs is 1. The normalized spacial score (nSPS) is 17.7. The highest BCUT2D eigenvalue weighted by Gasteiger charge is 2.49. The van der Waals surface area contributed by atoms with Crippen molar-refractivity contribution in [3.63, 3.8) is 0 Å². The van der Waals surface area contributed by atoms with E-state index in [1.807, 2.05) is 71.0 Å². The van der Waals surface area contributed by atoms with Gasteiger partial charge in [-0.05, 0) is 72.9 Å². The molecule has 0 saturated carbocycles. The topological polar surface area (TPSA) is 88.6 Å². The van der Waals surface area contributed by atoms with Gasteiger partial charge in [0.05, 0.1) is 10.8 Å². The summed E-state index contributed by atoms with van der Waals surface area (Å²) in [6.45, 7) is 9.37. The van der Waals surface area contributed by atoms with Gasteiger partial charge in [0, 0.05) is 5.56 Å². The average molecular weight is 400 g/mol. The number of nitrogens with one attached hydrogen (secondary N) is 1. The maximum atomic E-state index is 12.7. The molecule has 30 heavy (non-hydrogen) atoms. The zero-order chi connectivity index (χ0) is 21.7. The zero-order valence-electron chi connectivity index (χ0n) is 17.8. The van der Waals surface area contributed by atoms with Gasteiger partial charge in [0.1, 0.15) is 0 Å². The third kappa shape index (κ3) is 3.09. The molecule has 0 radical (unpaired) electrons. The van der Waals surface area contributed by atoms with Crippen LogP contribution in [-0.4, -0.2) is 32.2 Å². The van der Waals surface area contributed by atoms with Crippen LogP contribution >= 0.6 is 0 Å². The van der Waals surface area contributed by atoms with E-state index in [2.05, 4.69) is 32.8 Å². The molecule has 0 unspecified atom stereocenters. The fourth-order valence-corrected chi connectivity index (χ4v) is 4.02. The van der Waals surface area contributed by atoms with Crippen molar-refractivity contribution in [2.45, 2.75) is 45.4 Å². The largest absolute Gasteiger partial charge is 0.290 e. The Hall–Kier alpha value is -3.41. The van der Waals surface area contributed by atoms with E-state index in [0.717, 1.165) is 33.4 Å². The van der Waals surface area contributed by atoms with E-state index in [4.69, 9.17) is 0 Å². The second-order valence-electron chi connectivity index (χ2n) is 8.87. The number of ketones is 2. The van der Waals surface area contributed by atoms with Gasteiger partial charge in [-0.2, -0.15) is 0 Å². The molecule has 0 bridgehead atoms. The lowest BCUT2D eigenvalue weighted by Crippen LogP contribution is -2.50. The smallest absolute Gasteiger partial charge is 0.209 e. The Morgan fingerprint density at radius 3 is 2.13 bits per heavy atom. The van der Waals surface area contributed by atoms with Crippen molar-refractivity contribution in [1.82, 2.24) is 20.6 Å². The van der Waals surface area contributed by atoms with Crippen LogP contribution in [-0.2, 0) is 20.4 Å². The molecule has 0 spiro atoms. The molecule has 3 aromatic rings. The van der Waals surface area contributed by atoms with Crippen LogP contribution in [0.15, 0.2) is 42.5 Å². The highest BCUT2D eigenvalue weighted by molar-refractivity contribution is 6.44. The molecule has 0 aliphatic heterocycles. The van der Waals surface area contributed by atoms with Crippen molar-refractivity contribution < 1.29 is 9.59 Å². The summed E-state index contributed by atoms with van der Waals surface area (Å²) in [4.78, 5) is 25.4. The first kappa shape index (κ1) is 19.9. The first-order chi connectivity index (χ1) is 14.1. The summed E-state index contributed by atoms with van der Waals surface area (Å²) in [5.41, 5.74) is 4.29. The van der Waals surface area contributed by atoms with E-state index in [-0.39, 0.29) is 11.6 Å². The molecule has 1 heterocycles. The lowest BCUT2D eigenvalue weighted by molar-refractivity contribution is -0.143. The zero-order valence-corrected chi connectivity index (χ0v) is 17.8. The molecule has 152 valence electrons. The van der Waals surface area contributed by atoms with Crippen LogP contribution in [0.5, 0.6) is 0 Å². The summed E-state index contributed by atoms with van der Waals surface area (Å²) in [7, 11) is 0. The molecule has 0 saturated heterocycles. The standard InChI is InChI=1S/C24H24N4O2/c1-14(12-15-6-8-16(9-7-15)22-25-27-28-26-22)17-10-11-18-19(13-17)24(4,5)21(30)20(29)23(18,2)3/h6-13H,1-5H3,(H,25,26,27,28)/b14-12+. The Bertz CT molecular complexity index is 1170. The quantitative estimate of drug-likeness (QED) is 0.527. The highest BCUT2D eigenvalue weighted by Crippen LogP contribution is 2.42. The molecule has 1 N–H and O–H groups in total. The van der Waals surface area contributed by atoms with Gasteiger partial charge in [-0.25, -0.2) is 5.10 Å². The Morgan fingerprint density at radius 2 is 1.53 bits per heavy atom. The van der Waals surface area contributed by atoms with Crippen LogP contribution in [0.2, 0.25) is 0 Å². The monoisotopic (exact) mass is 400 g/mol. The van der Waals surface area contributed by atoms with Gasteiger partial charge < -0.3 is 0 Å². The van der Waals surface area contributed by atoms with Crippen molar-refractivity contribution in [1.29, 1.82) is 0 Å². The van der Waals surface area contributed by atoms with Gasteiger partial charge in [0.2, 0.25) is 11.6 Å². The van der Waals surface area contributed by atoms with E-state index in [9.17, 15) is 9.59 Å². The number of carbonyl (C=O) groups excluding carboxylic acids is 2. The van der Waals surface area contributed by atoms with Gasteiger partial charge in [-0.15, -0.1) is 5.10 Å². The molecule has 0 fully saturated rings. The molecule has 0 amide bonds. The third-order valence-electron chi connectivity index (χ3n) is 6.08. The number of Topliss-reactive ketones (excluding diaryl/α,β-unsaturated/α-hetero) is 2. The minimum absolute atomic E-state index is 0.318. The Labute approximate surface area is 175 Å². The van der Waals surface area contributed by atoms with Crippen molar-refractivity contribution in [3.8, 4) is 11.4 Å². The van der Waals surface area contributed by atoms with Gasteiger partial charge in [-0.3, -0.25) is 9.59 Å². The summed E-state index contributed by atoms with van der Waals surface area (Å²) in [5.74, 6) is -0.0145. The lowest BCUT2D eigenvalue weighted by Gasteiger charge is -2.39. The molecule has 2 aromatic carbocycles. The number of aromatic amines is 1. The van der Waals surface area contributed by atoms with E-state index in [1.54, 1.807) is 0 Å². The Kier molecular flexibility index (Phi) is 4.53. The predicted molar refractivity (Wildman–Crippen MR) is 116 cm³/mol. The summed E-state index contributed by atoms with van der Waals surface area (Å²) in [6.07, 6.45) is 2.10. The molecule has 4 rings (SSSR count). The van der Waals surface area contributed by atoms with E-state index in [1.165, 1.54) is 0 Å². The van der Waals surface area contributed by atoms with Gasteiger partial charge in [-0.1, -0.05) is 48.5 Å². The van der Waals surface area contributed by atoms with Crippen LogP contribution in [0.25, 0.3) is 23.0 Å². The fraction of sp³-hybridized carbons (Fsp3) is 0.292. The number of carbonyl (C=O) groups is 2. The minimum Gasteiger partial charge on any atom is -0.290 e. The van der Waals surface area contributed by atoms with Crippen LogP contribution in [0.3, 0.4) is 0 Å².